The number of ether oxygens (including phenoxy) is 1. The summed E-state index contributed by atoms with van der Waals surface area (Å²) in [5.74, 6) is -0.0106. The van der Waals surface area contributed by atoms with Crippen molar-refractivity contribution in [3.63, 3.8) is 0 Å². The van der Waals surface area contributed by atoms with Crippen LogP contribution >= 0.6 is 10.7 Å². The van der Waals surface area contributed by atoms with E-state index in [-0.39, 0.29) is 11.4 Å². The number of hydrogen-bond donors (Lipinski definition) is 0. The molecule has 2 rings (SSSR count). The van der Waals surface area contributed by atoms with Crippen LogP contribution in [0.1, 0.15) is 37.7 Å². The Bertz CT molecular complexity index is 493. The fourth-order valence-corrected chi connectivity index (χ4v) is 3.45. The normalized spacial score (nSPS) is 18.6. The molecular weight excluding hydrogens is 284 g/mol. The molecule has 1 aliphatic rings. The van der Waals surface area contributed by atoms with Gasteiger partial charge in [-0.2, -0.15) is 0 Å². The van der Waals surface area contributed by atoms with Gasteiger partial charge in [-0.1, -0.05) is 43.2 Å². The lowest BCUT2D eigenvalue weighted by Crippen LogP contribution is -2.31. The molecule has 0 unspecified atom stereocenters. The van der Waals surface area contributed by atoms with Gasteiger partial charge in [0, 0.05) is 10.7 Å². The highest BCUT2D eigenvalue weighted by molar-refractivity contribution is 8.13. The van der Waals surface area contributed by atoms with Gasteiger partial charge in [-0.25, -0.2) is 8.42 Å². The molecule has 1 fully saturated rings. The predicted octanol–water partition coefficient (Wildman–Crippen LogP) is 3.47. The highest BCUT2D eigenvalue weighted by Crippen LogP contribution is 2.37. The van der Waals surface area contributed by atoms with Crippen molar-refractivity contribution in [2.75, 3.05) is 5.75 Å². The van der Waals surface area contributed by atoms with E-state index in [0.717, 1.165) is 31.2 Å². The summed E-state index contributed by atoms with van der Waals surface area (Å²) in [6.45, 7) is 0.531. The summed E-state index contributed by atoms with van der Waals surface area (Å²) in [6, 6.07) is 9.95. The lowest BCUT2D eigenvalue weighted by Gasteiger charge is -2.29. The maximum absolute atomic E-state index is 11.1. The molecule has 0 atom stereocenters. The minimum atomic E-state index is -3.44. The first-order valence-corrected chi connectivity index (χ1v) is 9.07. The fourth-order valence-electron chi connectivity index (χ4n) is 2.60. The van der Waals surface area contributed by atoms with Crippen molar-refractivity contribution >= 4 is 19.7 Å². The minimum Gasteiger partial charge on any atom is -0.370 e. The molecule has 1 aromatic rings. The standard InChI is InChI=1S/C14H19ClO3S/c15-19(16,17)11-10-14(8-4-5-9-14)18-12-13-6-2-1-3-7-13/h1-3,6-7H,4-5,8-12H2. The Hall–Kier alpha value is -0.580. The molecule has 3 nitrogen and oxygen atoms in total. The molecule has 106 valence electrons. The average molecular weight is 303 g/mol. The van der Waals surface area contributed by atoms with Gasteiger partial charge in [0.1, 0.15) is 0 Å². The van der Waals surface area contributed by atoms with E-state index < -0.39 is 9.05 Å². The van der Waals surface area contributed by atoms with Gasteiger partial charge in [0.15, 0.2) is 0 Å². The molecular formula is C14H19ClO3S. The van der Waals surface area contributed by atoms with Gasteiger partial charge in [0.2, 0.25) is 9.05 Å². The van der Waals surface area contributed by atoms with Crippen LogP contribution in [0.5, 0.6) is 0 Å². The van der Waals surface area contributed by atoms with Crippen LogP contribution in [0.25, 0.3) is 0 Å². The van der Waals surface area contributed by atoms with Crippen molar-refractivity contribution < 1.29 is 13.2 Å². The molecule has 0 amide bonds. The van der Waals surface area contributed by atoms with Crippen molar-refractivity contribution in [1.29, 1.82) is 0 Å². The third-order valence-electron chi connectivity index (χ3n) is 3.70. The van der Waals surface area contributed by atoms with Crippen LogP contribution in [0.3, 0.4) is 0 Å². The zero-order valence-corrected chi connectivity index (χ0v) is 12.4. The Morgan fingerprint density at radius 1 is 1.16 bits per heavy atom. The summed E-state index contributed by atoms with van der Waals surface area (Å²) in [7, 11) is 1.87. The van der Waals surface area contributed by atoms with Crippen molar-refractivity contribution in [3.8, 4) is 0 Å². The Morgan fingerprint density at radius 2 is 1.79 bits per heavy atom. The first kappa shape index (κ1) is 14.8. The number of benzene rings is 1. The van der Waals surface area contributed by atoms with Crippen LogP contribution < -0.4 is 0 Å². The quantitative estimate of drug-likeness (QED) is 0.756. The zero-order valence-electron chi connectivity index (χ0n) is 10.8. The fraction of sp³-hybridized carbons (Fsp3) is 0.571. The summed E-state index contributed by atoms with van der Waals surface area (Å²) in [5.41, 5.74) is 0.806. The second-order valence-electron chi connectivity index (χ2n) is 5.16. The molecule has 0 N–H and O–H groups in total. The molecule has 5 heteroatoms. The van der Waals surface area contributed by atoms with Crippen molar-refractivity contribution in [2.24, 2.45) is 0 Å². The van der Waals surface area contributed by atoms with Gasteiger partial charge in [0.05, 0.1) is 18.0 Å². The Morgan fingerprint density at radius 3 is 2.37 bits per heavy atom. The van der Waals surface area contributed by atoms with E-state index in [1.165, 1.54) is 0 Å². The third-order valence-corrected chi connectivity index (χ3v) is 4.86. The molecule has 1 aliphatic carbocycles. The summed E-state index contributed by atoms with van der Waals surface area (Å²) in [6.07, 6.45) is 4.53. The summed E-state index contributed by atoms with van der Waals surface area (Å²) < 4.78 is 28.3. The SMILES string of the molecule is O=S(=O)(Cl)CCC1(OCc2ccccc2)CCCC1. The monoisotopic (exact) mass is 302 g/mol. The lowest BCUT2D eigenvalue weighted by atomic mass is 9.98. The molecule has 1 saturated carbocycles. The largest absolute Gasteiger partial charge is 0.370 e. The van der Waals surface area contributed by atoms with Crippen LogP contribution in [0.15, 0.2) is 30.3 Å². The molecule has 19 heavy (non-hydrogen) atoms. The maximum atomic E-state index is 11.1. The Balaban J connectivity index is 1.96. The van der Waals surface area contributed by atoms with Crippen LogP contribution in [-0.4, -0.2) is 19.8 Å². The predicted molar refractivity (Wildman–Crippen MR) is 76.7 cm³/mol. The van der Waals surface area contributed by atoms with E-state index in [1.54, 1.807) is 0 Å². The smallest absolute Gasteiger partial charge is 0.232 e. The number of hydrogen-bond acceptors (Lipinski definition) is 3. The van der Waals surface area contributed by atoms with Crippen molar-refractivity contribution in [3.05, 3.63) is 35.9 Å². The Kier molecular flexibility index (Phi) is 4.87. The highest BCUT2D eigenvalue weighted by atomic mass is 35.7. The van der Waals surface area contributed by atoms with Crippen LogP contribution in [0, 0.1) is 0 Å². The van der Waals surface area contributed by atoms with Crippen LogP contribution in [0.2, 0.25) is 0 Å². The van der Waals surface area contributed by atoms with E-state index in [1.807, 2.05) is 30.3 Å². The summed E-state index contributed by atoms with van der Waals surface area (Å²) in [4.78, 5) is 0. The van der Waals surface area contributed by atoms with E-state index in [4.69, 9.17) is 15.4 Å². The topological polar surface area (TPSA) is 43.4 Å². The molecule has 0 bridgehead atoms. The second kappa shape index (κ2) is 6.25. The lowest BCUT2D eigenvalue weighted by molar-refractivity contribution is -0.0537. The van der Waals surface area contributed by atoms with Crippen LogP contribution in [0.4, 0.5) is 0 Å². The minimum absolute atomic E-state index is 0.0106. The summed E-state index contributed by atoms with van der Waals surface area (Å²) >= 11 is 0. The van der Waals surface area contributed by atoms with Crippen LogP contribution in [-0.2, 0) is 20.4 Å². The molecule has 1 aromatic carbocycles. The van der Waals surface area contributed by atoms with Gasteiger partial charge in [-0.3, -0.25) is 0 Å². The van der Waals surface area contributed by atoms with Crippen molar-refractivity contribution in [2.45, 2.75) is 44.3 Å². The molecule has 0 aromatic heterocycles. The van der Waals surface area contributed by atoms with E-state index >= 15 is 0 Å². The molecule has 0 heterocycles. The van der Waals surface area contributed by atoms with E-state index in [0.29, 0.717) is 13.0 Å². The first-order valence-electron chi connectivity index (χ1n) is 6.59. The van der Waals surface area contributed by atoms with Gasteiger partial charge in [0.25, 0.3) is 0 Å². The maximum Gasteiger partial charge on any atom is 0.232 e. The number of rotatable bonds is 6. The zero-order chi connectivity index (χ0) is 13.8. The van der Waals surface area contributed by atoms with Gasteiger partial charge >= 0.3 is 0 Å². The molecule has 0 saturated heterocycles. The highest BCUT2D eigenvalue weighted by Gasteiger charge is 2.35. The van der Waals surface area contributed by atoms with Gasteiger partial charge in [-0.15, -0.1) is 0 Å². The van der Waals surface area contributed by atoms with E-state index in [2.05, 4.69) is 0 Å². The summed E-state index contributed by atoms with van der Waals surface area (Å²) in [5, 5.41) is 0. The molecule has 0 aliphatic heterocycles. The first-order chi connectivity index (χ1) is 8.99. The van der Waals surface area contributed by atoms with Gasteiger partial charge < -0.3 is 4.74 Å². The number of halogens is 1. The second-order valence-corrected chi connectivity index (χ2v) is 8.05. The van der Waals surface area contributed by atoms with Gasteiger partial charge in [-0.05, 0) is 24.8 Å². The third kappa shape index (κ3) is 4.79. The Labute approximate surface area is 119 Å². The molecule has 0 spiro atoms. The van der Waals surface area contributed by atoms with E-state index in [9.17, 15) is 8.42 Å². The van der Waals surface area contributed by atoms with Crippen molar-refractivity contribution in [1.82, 2.24) is 0 Å². The molecule has 0 radical (unpaired) electrons. The average Bonchev–Trinajstić information content (AvgIpc) is 2.84.